The highest BCUT2D eigenvalue weighted by molar-refractivity contribution is 8.01. The zero-order chi connectivity index (χ0) is 15.8. The predicted molar refractivity (Wildman–Crippen MR) is 89.6 cm³/mol. The number of rotatable bonds is 4. The molecule has 1 saturated heterocycles. The molecule has 0 spiro atoms. The highest BCUT2D eigenvalue weighted by Crippen LogP contribution is 2.35. The number of aryl methyl sites for hydroxylation is 1. The van der Waals surface area contributed by atoms with E-state index in [0.717, 1.165) is 17.3 Å². The molecule has 120 valence electrons. The second-order valence-electron chi connectivity index (χ2n) is 5.58. The Labute approximate surface area is 131 Å². The Balaban J connectivity index is 2.48. The summed E-state index contributed by atoms with van der Waals surface area (Å²) in [6.45, 7) is 6.44. The molecule has 0 bridgehead atoms. The summed E-state index contributed by atoms with van der Waals surface area (Å²) in [7, 11) is -1.33. The number of thioether (sulfide) groups is 1. The minimum absolute atomic E-state index is 0.142. The Morgan fingerprint density at radius 1 is 1.48 bits per heavy atom. The van der Waals surface area contributed by atoms with Crippen molar-refractivity contribution in [3.05, 3.63) is 5.69 Å². The standard InChI is InChI=1S/C13H24N4O2S2/c1-5-21(18,19)10-8-20-7-6-17(10)13-11(14)12(9(2)3)15-16(13)4/h9-10H,5-8,14H2,1-4H3. The topological polar surface area (TPSA) is 81.2 Å². The fourth-order valence-corrected chi connectivity index (χ4v) is 5.60. The minimum Gasteiger partial charge on any atom is -0.394 e. The minimum atomic E-state index is -3.15. The molecule has 1 aliphatic heterocycles. The first kappa shape index (κ1) is 16.5. The van der Waals surface area contributed by atoms with E-state index >= 15 is 0 Å². The maximum Gasteiger partial charge on any atom is 0.171 e. The summed E-state index contributed by atoms with van der Waals surface area (Å²) in [5.41, 5.74) is 7.70. The lowest BCUT2D eigenvalue weighted by atomic mass is 10.1. The Kier molecular flexibility index (Phi) is 4.77. The van der Waals surface area contributed by atoms with E-state index in [1.165, 1.54) is 0 Å². The van der Waals surface area contributed by atoms with Gasteiger partial charge in [-0.25, -0.2) is 8.42 Å². The van der Waals surface area contributed by atoms with Crippen LogP contribution in [0.3, 0.4) is 0 Å². The normalized spacial score (nSPS) is 20.2. The van der Waals surface area contributed by atoms with Gasteiger partial charge >= 0.3 is 0 Å². The Morgan fingerprint density at radius 2 is 2.14 bits per heavy atom. The first-order valence-electron chi connectivity index (χ1n) is 7.17. The fraction of sp³-hybridized carbons (Fsp3) is 0.769. The second kappa shape index (κ2) is 6.08. The van der Waals surface area contributed by atoms with Crippen molar-refractivity contribution in [1.82, 2.24) is 9.78 Å². The maximum atomic E-state index is 12.4. The molecule has 1 aromatic heterocycles. The smallest absolute Gasteiger partial charge is 0.171 e. The van der Waals surface area contributed by atoms with Crippen LogP contribution in [-0.4, -0.2) is 47.4 Å². The first-order chi connectivity index (χ1) is 9.79. The summed E-state index contributed by atoms with van der Waals surface area (Å²) in [6, 6.07) is 0. The number of anilines is 2. The molecule has 2 heterocycles. The van der Waals surface area contributed by atoms with Gasteiger partial charge in [0.25, 0.3) is 0 Å². The van der Waals surface area contributed by atoms with Gasteiger partial charge < -0.3 is 10.6 Å². The SMILES string of the molecule is CCS(=O)(=O)C1CSCCN1c1c(N)c(C(C)C)nn1C. The lowest BCUT2D eigenvalue weighted by molar-refractivity contribution is 0.576. The zero-order valence-electron chi connectivity index (χ0n) is 13.0. The van der Waals surface area contributed by atoms with Crippen LogP contribution in [0.1, 0.15) is 32.4 Å². The van der Waals surface area contributed by atoms with E-state index in [2.05, 4.69) is 5.10 Å². The van der Waals surface area contributed by atoms with Crippen LogP contribution in [0.2, 0.25) is 0 Å². The summed E-state index contributed by atoms with van der Waals surface area (Å²) in [6.07, 6.45) is 0. The molecule has 0 aliphatic carbocycles. The van der Waals surface area contributed by atoms with Crippen LogP contribution in [-0.2, 0) is 16.9 Å². The van der Waals surface area contributed by atoms with Crippen molar-refractivity contribution < 1.29 is 8.42 Å². The number of nitrogens with two attached hydrogens (primary N) is 1. The van der Waals surface area contributed by atoms with E-state index in [1.54, 1.807) is 23.4 Å². The highest BCUT2D eigenvalue weighted by Gasteiger charge is 2.36. The molecule has 21 heavy (non-hydrogen) atoms. The monoisotopic (exact) mass is 332 g/mol. The van der Waals surface area contributed by atoms with Crippen molar-refractivity contribution in [2.75, 3.05) is 34.4 Å². The average molecular weight is 332 g/mol. The third kappa shape index (κ3) is 3.01. The van der Waals surface area contributed by atoms with Gasteiger partial charge in [0.15, 0.2) is 15.7 Å². The molecule has 1 aromatic rings. The van der Waals surface area contributed by atoms with Crippen molar-refractivity contribution in [3.8, 4) is 0 Å². The first-order valence-corrected chi connectivity index (χ1v) is 10.0. The summed E-state index contributed by atoms with van der Waals surface area (Å²) >= 11 is 1.68. The molecule has 6 nitrogen and oxygen atoms in total. The largest absolute Gasteiger partial charge is 0.394 e. The molecule has 0 aromatic carbocycles. The molecule has 1 fully saturated rings. The van der Waals surface area contributed by atoms with E-state index in [1.807, 2.05) is 25.8 Å². The Morgan fingerprint density at radius 3 is 2.67 bits per heavy atom. The summed E-state index contributed by atoms with van der Waals surface area (Å²) in [4.78, 5) is 1.92. The van der Waals surface area contributed by atoms with Gasteiger partial charge in [0.1, 0.15) is 5.37 Å². The lowest BCUT2D eigenvalue weighted by Crippen LogP contribution is -2.49. The van der Waals surface area contributed by atoms with Crippen LogP contribution >= 0.6 is 11.8 Å². The Bertz CT molecular complexity index is 610. The van der Waals surface area contributed by atoms with E-state index < -0.39 is 15.2 Å². The van der Waals surface area contributed by atoms with Crippen LogP contribution in [0.4, 0.5) is 11.5 Å². The Hall–Kier alpha value is -0.890. The van der Waals surface area contributed by atoms with E-state index in [0.29, 0.717) is 18.0 Å². The van der Waals surface area contributed by atoms with Gasteiger partial charge in [0.05, 0.1) is 11.4 Å². The van der Waals surface area contributed by atoms with Gasteiger partial charge in [0.2, 0.25) is 0 Å². The molecule has 8 heteroatoms. The number of hydrogen-bond acceptors (Lipinski definition) is 6. The molecule has 0 radical (unpaired) electrons. The maximum absolute atomic E-state index is 12.4. The van der Waals surface area contributed by atoms with Gasteiger partial charge in [-0.3, -0.25) is 4.68 Å². The van der Waals surface area contributed by atoms with Gasteiger partial charge in [-0.2, -0.15) is 16.9 Å². The molecular weight excluding hydrogens is 308 g/mol. The number of hydrogen-bond donors (Lipinski definition) is 1. The number of sulfone groups is 1. The van der Waals surface area contributed by atoms with Crippen LogP contribution in [0.5, 0.6) is 0 Å². The van der Waals surface area contributed by atoms with Crippen LogP contribution in [0.15, 0.2) is 0 Å². The molecule has 1 atom stereocenters. The van der Waals surface area contributed by atoms with Crippen molar-refractivity contribution >= 4 is 33.1 Å². The lowest BCUT2D eigenvalue weighted by Gasteiger charge is -2.36. The third-order valence-corrected chi connectivity index (χ3v) is 7.09. The van der Waals surface area contributed by atoms with E-state index in [4.69, 9.17) is 5.73 Å². The molecule has 2 N–H and O–H groups in total. The highest BCUT2D eigenvalue weighted by atomic mass is 32.2. The number of nitrogen functional groups attached to an aromatic ring is 1. The fourth-order valence-electron chi connectivity index (χ4n) is 2.63. The van der Waals surface area contributed by atoms with Gasteiger partial charge in [0, 0.05) is 30.9 Å². The van der Waals surface area contributed by atoms with E-state index in [-0.39, 0.29) is 11.7 Å². The number of nitrogens with zero attached hydrogens (tertiary/aromatic N) is 3. The van der Waals surface area contributed by atoms with Crippen LogP contribution < -0.4 is 10.6 Å². The molecule has 0 amide bonds. The molecule has 1 aliphatic rings. The molecule has 2 rings (SSSR count). The molecule has 1 unspecified atom stereocenters. The zero-order valence-corrected chi connectivity index (χ0v) is 14.7. The van der Waals surface area contributed by atoms with Crippen molar-refractivity contribution in [2.24, 2.45) is 7.05 Å². The van der Waals surface area contributed by atoms with Gasteiger partial charge in [-0.15, -0.1) is 0 Å². The van der Waals surface area contributed by atoms with Gasteiger partial charge in [-0.05, 0) is 5.92 Å². The summed E-state index contributed by atoms with van der Waals surface area (Å²) in [5.74, 6) is 2.57. The second-order valence-corrected chi connectivity index (χ2v) is 9.17. The predicted octanol–water partition coefficient (Wildman–Crippen LogP) is 1.44. The van der Waals surface area contributed by atoms with Gasteiger partial charge in [-0.1, -0.05) is 20.8 Å². The quantitative estimate of drug-likeness (QED) is 0.898. The van der Waals surface area contributed by atoms with Crippen molar-refractivity contribution in [1.29, 1.82) is 0 Å². The third-order valence-electron chi connectivity index (χ3n) is 3.80. The van der Waals surface area contributed by atoms with Crippen LogP contribution in [0, 0.1) is 0 Å². The summed E-state index contributed by atoms with van der Waals surface area (Å²) in [5, 5.41) is 3.96. The van der Waals surface area contributed by atoms with Crippen molar-refractivity contribution in [3.63, 3.8) is 0 Å². The van der Waals surface area contributed by atoms with E-state index in [9.17, 15) is 8.42 Å². The number of aromatic nitrogens is 2. The average Bonchev–Trinajstić information content (AvgIpc) is 2.74. The summed E-state index contributed by atoms with van der Waals surface area (Å²) < 4.78 is 26.5. The van der Waals surface area contributed by atoms with Crippen molar-refractivity contribution in [2.45, 2.75) is 32.1 Å². The van der Waals surface area contributed by atoms with Crippen LogP contribution in [0.25, 0.3) is 0 Å². The molecule has 0 saturated carbocycles. The molecular formula is C13H24N4O2S2.